The molecule has 126 valence electrons. The number of thioether (sulfide) groups is 1. The number of rotatable bonds is 5. The fourth-order valence-corrected chi connectivity index (χ4v) is 3.99. The molecule has 1 aliphatic rings. The molecule has 0 saturated carbocycles. The molecule has 0 atom stereocenters. The summed E-state index contributed by atoms with van der Waals surface area (Å²) in [5.74, 6) is -2.74. The van der Waals surface area contributed by atoms with E-state index in [1.165, 1.54) is 18.2 Å². The van der Waals surface area contributed by atoms with Gasteiger partial charge in [0.25, 0.3) is 0 Å². The van der Waals surface area contributed by atoms with E-state index in [1.54, 1.807) is 4.57 Å². The number of benzene rings is 1. The van der Waals surface area contributed by atoms with E-state index in [1.807, 2.05) is 0 Å². The summed E-state index contributed by atoms with van der Waals surface area (Å²) in [4.78, 5) is 23.4. The molecule has 2 aromatic rings. The van der Waals surface area contributed by atoms with Crippen molar-refractivity contribution in [1.82, 2.24) is 4.57 Å². The van der Waals surface area contributed by atoms with Crippen LogP contribution in [0.25, 0.3) is 0 Å². The van der Waals surface area contributed by atoms with Crippen molar-refractivity contribution in [3.63, 3.8) is 0 Å². The summed E-state index contributed by atoms with van der Waals surface area (Å²) in [7, 11) is 0. The van der Waals surface area contributed by atoms with E-state index in [0.29, 0.717) is 23.4 Å². The molecule has 4 nitrogen and oxygen atoms in total. The van der Waals surface area contributed by atoms with Crippen molar-refractivity contribution >= 4 is 17.7 Å². The van der Waals surface area contributed by atoms with Crippen molar-refractivity contribution in [3.05, 3.63) is 62.9 Å². The SMILES string of the molecule is O=C(O)Cn1c(SCc2cccc(F)c2F)cc(=O)c2c1CCC2. The zero-order valence-electron chi connectivity index (χ0n) is 12.7. The Kier molecular flexibility index (Phi) is 4.71. The van der Waals surface area contributed by atoms with Crippen LogP contribution >= 0.6 is 11.8 Å². The van der Waals surface area contributed by atoms with Crippen LogP contribution < -0.4 is 5.43 Å². The van der Waals surface area contributed by atoms with Gasteiger partial charge in [-0.25, -0.2) is 8.78 Å². The molecule has 0 amide bonds. The third kappa shape index (κ3) is 3.21. The Hall–Kier alpha value is -2.15. The fourth-order valence-electron chi connectivity index (χ4n) is 2.94. The summed E-state index contributed by atoms with van der Waals surface area (Å²) in [5.41, 5.74) is 1.46. The maximum Gasteiger partial charge on any atom is 0.323 e. The molecule has 1 aromatic heterocycles. The predicted octanol–water partition coefficient (Wildman–Crippen LogP) is 2.99. The maximum atomic E-state index is 13.8. The second kappa shape index (κ2) is 6.76. The highest BCUT2D eigenvalue weighted by Crippen LogP contribution is 2.28. The van der Waals surface area contributed by atoms with E-state index in [9.17, 15) is 18.4 Å². The zero-order chi connectivity index (χ0) is 17.3. The number of fused-ring (bicyclic) bond motifs is 1. The van der Waals surface area contributed by atoms with Crippen molar-refractivity contribution in [1.29, 1.82) is 0 Å². The molecule has 0 bridgehead atoms. The molecule has 7 heteroatoms. The molecule has 1 N–H and O–H groups in total. The summed E-state index contributed by atoms with van der Waals surface area (Å²) in [6.07, 6.45) is 2.12. The van der Waals surface area contributed by atoms with E-state index >= 15 is 0 Å². The van der Waals surface area contributed by atoms with Gasteiger partial charge in [-0.15, -0.1) is 11.8 Å². The predicted molar refractivity (Wildman–Crippen MR) is 86.3 cm³/mol. The second-order valence-electron chi connectivity index (χ2n) is 5.61. The first-order valence-corrected chi connectivity index (χ1v) is 8.49. The third-order valence-corrected chi connectivity index (χ3v) is 5.12. The lowest BCUT2D eigenvalue weighted by atomic mass is 10.2. The van der Waals surface area contributed by atoms with Crippen molar-refractivity contribution in [2.45, 2.75) is 36.6 Å². The number of aromatic nitrogens is 1. The monoisotopic (exact) mass is 351 g/mol. The third-order valence-electron chi connectivity index (χ3n) is 4.03. The van der Waals surface area contributed by atoms with Crippen LogP contribution in [0, 0.1) is 11.6 Å². The van der Waals surface area contributed by atoms with Crippen LogP contribution in [-0.2, 0) is 29.9 Å². The van der Waals surface area contributed by atoms with Gasteiger partial charge in [-0.05, 0) is 25.3 Å². The normalized spacial score (nSPS) is 13.1. The number of carboxylic acid groups (broad SMARTS) is 1. The molecule has 0 spiro atoms. The second-order valence-corrected chi connectivity index (χ2v) is 6.60. The van der Waals surface area contributed by atoms with Gasteiger partial charge in [-0.3, -0.25) is 9.59 Å². The lowest BCUT2D eigenvalue weighted by molar-refractivity contribution is -0.137. The van der Waals surface area contributed by atoms with Crippen molar-refractivity contribution in [2.24, 2.45) is 0 Å². The number of carboxylic acids is 1. The van der Waals surface area contributed by atoms with Gasteiger partial charge in [0, 0.05) is 28.6 Å². The van der Waals surface area contributed by atoms with E-state index in [0.717, 1.165) is 29.9 Å². The summed E-state index contributed by atoms with van der Waals surface area (Å²) in [5, 5.41) is 9.60. The zero-order valence-corrected chi connectivity index (χ0v) is 13.5. The fraction of sp³-hybridized carbons (Fsp3) is 0.294. The number of hydrogen-bond donors (Lipinski definition) is 1. The molecule has 3 rings (SSSR count). The molecular weight excluding hydrogens is 336 g/mol. The quantitative estimate of drug-likeness (QED) is 0.842. The number of nitrogens with zero attached hydrogens (tertiary/aromatic N) is 1. The first kappa shape index (κ1) is 16.7. The maximum absolute atomic E-state index is 13.8. The van der Waals surface area contributed by atoms with Gasteiger partial charge in [0.15, 0.2) is 17.1 Å². The van der Waals surface area contributed by atoms with Crippen LogP contribution in [0.5, 0.6) is 0 Å². The Morgan fingerprint density at radius 3 is 2.83 bits per heavy atom. The van der Waals surface area contributed by atoms with Crippen molar-refractivity contribution in [3.8, 4) is 0 Å². The summed E-state index contributed by atoms with van der Waals surface area (Å²) in [6, 6.07) is 5.33. The van der Waals surface area contributed by atoms with Crippen LogP contribution in [0.4, 0.5) is 8.78 Å². The smallest absolute Gasteiger partial charge is 0.323 e. The highest BCUT2D eigenvalue weighted by atomic mass is 32.2. The van der Waals surface area contributed by atoms with Gasteiger partial charge < -0.3 is 9.67 Å². The van der Waals surface area contributed by atoms with Crippen molar-refractivity contribution in [2.75, 3.05) is 0 Å². The number of pyridine rings is 1. The number of aliphatic carboxylic acids is 1. The van der Waals surface area contributed by atoms with Crippen molar-refractivity contribution < 1.29 is 18.7 Å². The molecular formula is C17H15F2NO3S. The van der Waals surface area contributed by atoms with E-state index < -0.39 is 17.6 Å². The summed E-state index contributed by atoms with van der Waals surface area (Å²) >= 11 is 1.14. The standard InChI is InChI=1S/C17H15F2NO3S/c18-12-5-1-3-10(17(12)19)9-24-15-7-14(21)11-4-2-6-13(11)20(15)8-16(22)23/h1,3,5,7H,2,4,6,8-9H2,(H,22,23). The lowest BCUT2D eigenvalue weighted by Gasteiger charge is -2.16. The number of halogens is 2. The molecule has 1 aromatic carbocycles. The number of carbonyl (C=O) groups is 1. The van der Waals surface area contributed by atoms with Gasteiger partial charge in [-0.2, -0.15) is 0 Å². The minimum Gasteiger partial charge on any atom is -0.480 e. The average molecular weight is 351 g/mol. The van der Waals surface area contributed by atoms with E-state index in [-0.39, 0.29) is 23.3 Å². The summed E-state index contributed by atoms with van der Waals surface area (Å²) < 4.78 is 28.7. The molecule has 0 aliphatic heterocycles. The molecule has 24 heavy (non-hydrogen) atoms. The average Bonchev–Trinajstić information content (AvgIpc) is 3.02. The van der Waals surface area contributed by atoms with Gasteiger partial charge in [0.2, 0.25) is 0 Å². The Morgan fingerprint density at radius 2 is 2.08 bits per heavy atom. The first-order valence-electron chi connectivity index (χ1n) is 7.50. The van der Waals surface area contributed by atoms with Crippen LogP contribution in [0.3, 0.4) is 0 Å². The van der Waals surface area contributed by atoms with Crippen LogP contribution in [0.15, 0.2) is 34.1 Å². The Balaban J connectivity index is 1.95. The van der Waals surface area contributed by atoms with Gasteiger partial charge in [-0.1, -0.05) is 12.1 Å². The molecule has 1 heterocycles. The molecule has 0 radical (unpaired) electrons. The van der Waals surface area contributed by atoms with Gasteiger partial charge in [0.1, 0.15) is 6.54 Å². The Bertz CT molecular complexity index is 864. The minimum atomic E-state index is -1.01. The van der Waals surface area contributed by atoms with Crippen LogP contribution in [-0.4, -0.2) is 15.6 Å². The topological polar surface area (TPSA) is 59.3 Å². The van der Waals surface area contributed by atoms with E-state index in [2.05, 4.69) is 0 Å². The highest BCUT2D eigenvalue weighted by molar-refractivity contribution is 7.98. The van der Waals surface area contributed by atoms with Crippen LogP contribution in [0.2, 0.25) is 0 Å². The largest absolute Gasteiger partial charge is 0.480 e. The minimum absolute atomic E-state index is 0.113. The molecule has 0 fully saturated rings. The lowest BCUT2D eigenvalue weighted by Crippen LogP contribution is -2.20. The molecule has 1 aliphatic carbocycles. The Morgan fingerprint density at radius 1 is 1.29 bits per heavy atom. The Labute approximate surface area is 141 Å². The molecule has 0 unspecified atom stereocenters. The summed E-state index contributed by atoms with van der Waals surface area (Å²) in [6.45, 7) is -0.253. The van der Waals surface area contributed by atoms with E-state index in [4.69, 9.17) is 5.11 Å². The number of hydrogen-bond acceptors (Lipinski definition) is 3. The van der Waals surface area contributed by atoms with Crippen LogP contribution in [0.1, 0.15) is 23.2 Å². The van der Waals surface area contributed by atoms with Gasteiger partial charge >= 0.3 is 5.97 Å². The highest BCUT2D eigenvalue weighted by Gasteiger charge is 2.22. The van der Waals surface area contributed by atoms with Gasteiger partial charge in [0.05, 0.1) is 5.03 Å². The molecule has 0 saturated heterocycles. The first-order chi connectivity index (χ1) is 11.5.